The molecule has 0 aliphatic carbocycles. The fourth-order valence-corrected chi connectivity index (χ4v) is 0.716. The van der Waals surface area contributed by atoms with Gasteiger partial charge in [-0.15, -0.1) is 0 Å². The van der Waals surface area contributed by atoms with E-state index < -0.39 is 0 Å². The zero-order valence-electron chi connectivity index (χ0n) is 6.54. The van der Waals surface area contributed by atoms with E-state index in [9.17, 15) is 0 Å². The Balaban J connectivity index is 2.04. The van der Waals surface area contributed by atoms with Gasteiger partial charge < -0.3 is 14.5 Å². The van der Waals surface area contributed by atoms with Crippen LogP contribution in [0.15, 0.2) is 17.1 Å². The van der Waals surface area contributed by atoms with Gasteiger partial charge in [0.15, 0.2) is 6.39 Å². The van der Waals surface area contributed by atoms with Crippen molar-refractivity contribution in [2.24, 2.45) is 0 Å². The minimum atomic E-state index is 0.720. The topological polar surface area (TPSA) is 47.3 Å². The van der Waals surface area contributed by atoms with Crippen LogP contribution in [0.25, 0.3) is 0 Å². The van der Waals surface area contributed by atoms with E-state index in [-0.39, 0.29) is 0 Å². The molecule has 0 bridgehead atoms. The van der Waals surface area contributed by atoms with E-state index >= 15 is 0 Å². The van der Waals surface area contributed by atoms with Gasteiger partial charge in [-0.25, -0.2) is 4.98 Å². The van der Waals surface area contributed by atoms with Crippen molar-refractivity contribution in [3.05, 3.63) is 18.4 Å². The lowest BCUT2D eigenvalue weighted by molar-refractivity contribution is 0.199. The number of hydrogen-bond donors (Lipinski definition) is 1. The molecule has 0 aromatic carbocycles. The molecule has 1 aromatic rings. The predicted molar refractivity (Wildman–Crippen MR) is 40.1 cm³/mol. The highest BCUT2D eigenvalue weighted by Crippen LogP contribution is 1.91. The van der Waals surface area contributed by atoms with Crippen molar-refractivity contribution >= 4 is 0 Å². The van der Waals surface area contributed by atoms with Crippen molar-refractivity contribution in [1.29, 1.82) is 0 Å². The summed E-state index contributed by atoms with van der Waals surface area (Å²) >= 11 is 0. The average molecular weight is 156 g/mol. The van der Waals surface area contributed by atoms with Gasteiger partial charge in [-0.1, -0.05) is 0 Å². The van der Waals surface area contributed by atoms with E-state index in [2.05, 4.69) is 10.3 Å². The first kappa shape index (κ1) is 8.23. The Labute approximate surface area is 65.6 Å². The molecule has 1 rings (SSSR count). The third-order valence-electron chi connectivity index (χ3n) is 1.27. The molecule has 4 heteroatoms. The highest BCUT2D eigenvalue weighted by molar-refractivity contribution is 4.89. The van der Waals surface area contributed by atoms with Crippen molar-refractivity contribution in [3.63, 3.8) is 0 Å². The summed E-state index contributed by atoms with van der Waals surface area (Å²) < 4.78 is 9.64. The van der Waals surface area contributed by atoms with Gasteiger partial charge in [0.25, 0.3) is 0 Å². The molecule has 0 saturated carbocycles. The molecule has 0 radical (unpaired) electrons. The minimum absolute atomic E-state index is 0.720. The molecule has 0 saturated heterocycles. The number of rotatable bonds is 5. The van der Waals surface area contributed by atoms with Crippen LogP contribution < -0.4 is 5.32 Å². The molecule has 1 aromatic heterocycles. The predicted octanol–water partition coefficient (Wildman–Crippen LogP) is 0.411. The SMILES string of the molecule is COCCNCc1cocn1. The van der Waals surface area contributed by atoms with E-state index in [0.717, 1.165) is 25.4 Å². The lowest BCUT2D eigenvalue weighted by Crippen LogP contribution is -2.18. The lowest BCUT2D eigenvalue weighted by atomic mass is 10.5. The van der Waals surface area contributed by atoms with Crippen LogP contribution >= 0.6 is 0 Å². The molecular formula is C7H12N2O2. The smallest absolute Gasteiger partial charge is 0.180 e. The van der Waals surface area contributed by atoms with Crippen LogP contribution in [0.1, 0.15) is 5.69 Å². The highest BCUT2D eigenvalue weighted by atomic mass is 16.5. The molecule has 0 atom stereocenters. The third kappa shape index (κ3) is 3.15. The maximum absolute atomic E-state index is 4.85. The van der Waals surface area contributed by atoms with Crippen LogP contribution in [0.4, 0.5) is 0 Å². The monoisotopic (exact) mass is 156 g/mol. The number of oxazole rings is 1. The normalized spacial score (nSPS) is 10.3. The molecule has 0 amide bonds. The summed E-state index contributed by atoms with van der Waals surface area (Å²) in [7, 11) is 1.68. The quantitative estimate of drug-likeness (QED) is 0.627. The summed E-state index contributed by atoms with van der Waals surface area (Å²) in [4.78, 5) is 3.94. The van der Waals surface area contributed by atoms with Gasteiger partial charge in [0.1, 0.15) is 6.26 Å². The molecule has 0 aliphatic rings. The maximum Gasteiger partial charge on any atom is 0.180 e. The molecular weight excluding hydrogens is 144 g/mol. The number of hydrogen-bond acceptors (Lipinski definition) is 4. The largest absolute Gasteiger partial charge is 0.451 e. The summed E-state index contributed by atoms with van der Waals surface area (Å²) in [6.45, 7) is 2.29. The first-order chi connectivity index (χ1) is 5.43. The zero-order chi connectivity index (χ0) is 7.94. The Morgan fingerprint density at radius 3 is 3.27 bits per heavy atom. The summed E-state index contributed by atoms with van der Waals surface area (Å²) in [6.07, 6.45) is 3.05. The molecule has 62 valence electrons. The van der Waals surface area contributed by atoms with Crippen molar-refractivity contribution < 1.29 is 9.15 Å². The van der Waals surface area contributed by atoms with Crippen LogP contribution in [-0.2, 0) is 11.3 Å². The molecule has 0 unspecified atom stereocenters. The number of nitrogens with zero attached hydrogens (tertiary/aromatic N) is 1. The standard InChI is InChI=1S/C7H12N2O2/c1-10-3-2-8-4-7-5-11-6-9-7/h5-6,8H,2-4H2,1H3. The molecule has 0 spiro atoms. The van der Waals surface area contributed by atoms with Crippen LogP contribution in [0, 0.1) is 0 Å². The van der Waals surface area contributed by atoms with E-state index in [1.165, 1.54) is 6.39 Å². The number of methoxy groups -OCH3 is 1. The number of aromatic nitrogens is 1. The van der Waals surface area contributed by atoms with Crippen LogP contribution in [0.3, 0.4) is 0 Å². The van der Waals surface area contributed by atoms with Gasteiger partial charge in [0.05, 0.1) is 12.3 Å². The summed E-state index contributed by atoms with van der Waals surface area (Å²) in [5.41, 5.74) is 0.918. The van der Waals surface area contributed by atoms with Crippen molar-refractivity contribution in [2.75, 3.05) is 20.3 Å². The molecule has 1 N–H and O–H groups in total. The van der Waals surface area contributed by atoms with E-state index in [1.807, 2.05) is 0 Å². The highest BCUT2D eigenvalue weighted by Gasteiger charge is 1.93. The first-order valence-electron chi connectivity index (χ1n) is 3.50. The third-order valence-corrected chi connectivity index (χ3v) is 1.27. The molecule has 1 heterocycles. The number of ether oxygens (including phenoxy) is 1. The van der Waals surface area contributed by atoms with Gasteiger partial charge in [-0.3, -0.25) is 0 Å². The second-order valence-corrected chi connectivity index (χ2v) is 2.15. The average Bonchev–Trinajstić information content (AvgIpc) is 2.50. The summed E-state index contributed by atoms with van der Waals surface area (Å²) in [5.74, 6) is 0. The fraction of sp³-hybridized carbons (Fsp3) is 0.571. The van der Waals surface area contributed by atoms with E-state index in [1.54, 1.807) is 13.4 Å². The summed E-state index contributed by atoms with van der Waals surface area (Å²) in [5, 5.41) is 3.14. The Morgan fingerprint density at radius 1 is 1.73 bits per heavy atom. The van der Waals surface area contributed by atoms with Crippen molar-refractivity contribution in [2.45, 2.75) is 6.54 Å². The van der Waals surface area contributed by atoms with Crippen LogP contribution in [0.5, 0.6) is 0 Å². The van der Waals surface area contributed by atoms with E-state index in [4.69, 9.17) is 9.15 Å². The van der Waals surface area contributed by atoms with E-state index in [0.29, 0.717) is 0 Å². The Bertz CT molecular complexity index is 175. The van der Waals surface area contributed by atoms with Gasteiger partial charge in [0.2, 0.25) is 0 Å². The molecule has 0 fully saturated rings. The Hall–Kier alpha value is -0.870. The Morgan fingerprint density at radius 2 is 2.64 bits per heavy atom. The molecule has 0 aliphatic heterocycles. The van der Waals surface area contributed by atoms with Crippen molar-refractivity contribution in [3.8, 4) is 0 Å². The van der Waals surface area contributed by atoms with Gasteiger partial charge >= 0.3 is 0 Å². The van der Waals surface area contributed by atoms with Crippen molar-refractivity contribution in [1.82, 2.24) is 10.3 Å². The zero-order valence-corrected chi connectivity index (χ0v) is 6.54. The Kier molecular flexibility index (Phi) is 3.64. The lowest BCUT2D eigenvalue weighted by Gasteiger charge is -1.99. The first-order valence-corrected chi connectivity index (χ1v) is 3.50. The van der Waals surface area contributed by atoms with Crippen LogP contribution in [0.2, 0.25) is 0 Å². The van der Waals surface area contributed by atoms with Gasteiger partial charge in [-0.2, -0.15) is 0 Å². The summed E-state index contributed by atoms with van der Waals surface area (Å²) in [6, 6.07) is 0. The number of nitrogens with one attached hydrogen (secondary N) is 1. The second kappa shape index (κ2) is 4.87. The second-order valence-electron chi connectivity index (χ2n) is 2.15. The maximum atomic E-state index is 4.85. The van der Waals surface area contributed by atoms with Crippen LogP contribution in [-0.4, -0.2) is 25.2 Å². The van der Waals surface area contributed by atoms with Gasteiger partial charge in [0, 0.05) is 20.2 Å². The molecule has 4 nitrogen and oxygen atoms in total. The van der Waals surface area contributed by atoms with Gasteiger partial charge in [-0.05, 0) is 0 Å². The molecule has 11 heavy (non-hydrogen) atoms. The minimum Gasteiger partial charge on any atom is -0.451 e. The fourth-order valence-electron chi connectivity index (χ4n) is 0.716.